The molecule has 0 saturated carbocycles. The molecule has 3 rings (SSSR count). The fourth-order valence-corrected chi connectivity index (χ4v) is 3.91. The van der Waals surface area contributed by atoms with Gasteiger partial charge in [0.2, 0.25) is 0 Å². The first kappa shape index (κ1) is 32.1. The molecule has 2 aromatic carbocycles. The maximum Gasteiger partial charge on any atom is 0.407 e. The monoisotopic (exact) mass is 540 g/mol. The molecule has 1 saturated heterocycles. The van der Waals surface area contributed by atoms with E-state index < -0.39 is 17.3 Å². The number of carbonyl (C=O) groups is 2. The smallest absolute Gasteiger partial charge is 0.407 e. The number of hydrogen-bond acceptors (Lipinski definition) is 6. The zero-order chi connectivity index (χ0) is 28.9. The molecule has 216 valence electrons. The number of nitrogens with one attached hydrogen (secondary N) is 2. The Balaban J connectivity index is 0.000000283. The van der Waals surface area contributed by atoms with Gasteiger partial charge in [0.1, 0.15) is 11.2 Å². The molecular formula is C31H48N4O4. The molecule has 1 heterocycles. The van der Waals surface area contributed by atoms with E-state index in [1.165, 1.54) is 37.9 Å². The predicted octanol–water partition coefficient (Wildman–Crippen LogP) is 5.87. The molecule has 4 N–H and O–H groups in total. The lowest BCUT2D eigenvalue weighted by atomic mass is 10.1. The fraction of sp³-hybridized carbons (Fsp3) is 0.548. The maximum absolute atomic E-state index is 11.6. The van der Waals surface area contributed by atoms with Crippen LogP contribution in [0.25, 0.3) is 0 Å². The molecule has 39 heavy (non-hydrogen) atoms. The number of alkyl carbamates (subject to hydrolysis) is 2. The van der Waals surface area contributed by atoms with Gasteiger partial charge in [0.25, 0.3) is 0 Å². The van der Waals surface area contributed by atoms with Crippen LogP contribution >= 0.6 is 0 Å². The molecule has 0 unspecified atom stereocenters. The average Bonchev–Trinajstić information content (AvgIpc) is 2.86. The van der Waals surface area contributed by atoms with Gasteiger partial charge < -0.3 is 25.8 Å². The van der Waals surface area contributed by atoms with Gasteiger partial charge in [-0.2, -0.15) is 0 Å². The lowest BCUT2D eigenvalue weighted by Crippen LogP contribution is -2.32. The van der Waals surface area contributed by atoms with Gasteiger partial charge in [0.05, 0.1) is 0 Å². The molecule has 0 aliphatic carbocycles. The summed E-state index contributed by atoms with van der Waals surface area (Å²) in [5.74, 6) is 0. The van der Waals surface area contributed by atoms with E-state index in [0.29, 0.717) is 19.6 Å². The van der Waals surface area contributed by atoms with Crippen LogP contribution in [-0.4, -0.2) is 41.4 Å². The lowest BCUT2D eigenvalue weighted by Gasteiger charge is -2.26. The Morgan fingerprint density at radius 1 is 0.692 bits per heavy atom. The first-order valence-corrected chi connectivity index (χ1v) is 13.8. The molecule has 8 nitrogen and oxygen atoms in total. The van der Waals surface area contributed by atoms with E-state index in [0.717, 1.165) is 23.2 Å². The van der Waals surface area contributed by atoms with Gasteiger partial charge in [-0.15, -0.1) is 0 Å². The van der Waals surface area contributed by atoms with Gasteiger partial charge in [-0.3, -0.25) is 4.90 Å². The van der Waals surface area contributed by atoms with Gasteiger partial charge in [-0.05, 0) is 89.7 Å². The molecule has 2 amide bonds. The molecule has 0 atom stereocenters. The molecular weight excluding hydrogens is 492 g/mol. The number of benzene rings is 2. The molecule has 0 bridgehead atoms. The third kappa shape index (κ3) is 14.6. The number of rotatable bonds is 7. The van der Waals surface area contributed by atoms with E-state index in [4.69, 9.17) is 15.2 Å². The van der Waals surface area contributed by atoms with Crippen molar-refractivity contribution in [1.29, 1.82) is 0 Å². The molecule has 0 aromatic heterocycles. The van der Waals surface area contributed by atoms with Crippen molar-refractivity contribution < 1.29 is 19.1 Å². The van der Waals surface area contributed by atoms with E-state index in [2.05, 4.69) is 39.8 Å². The SMILES string of the molecule is CC(C)(C)OC(=O)NCc1ccc(CN)cc1.CC(C)(C)OC(=O)NCc1ccc(CN2CCCCC2)cc1. The van der Waals surface area contributed by atoms with Crippen LogP contribution in [-0.2, 0) is 35.7 Å². The number of hydrogen-bond donors (Lipinski definition) is 3. The minimum Gasteiger partial charge on any atom is -0.444 e. The van der Waals surface area contributed by atoms with Crippen LogP contribution < -0.4 is 16.4 Å². The minimum absolute atomic E-state index is 0.370. The Hall–Kier alpha value is -3.10. The summed E-state index contributed by atoms with van der Waals surface area (Å²) < 4.78 is 10.4. The summed E-state index contributed by atoms with van der Waals surface area (Å²) in [6.07, 6.45) is 3.23. The van der Waals surface area contributed by atoms with Crippen LogP contribution in [0.5, 0.6) is 0 Å². The van der Waals surface area contributed by atoms with E-state index in [-0.39, 0.29) is 6.09 Å². The normalized spacial score (nSPS) is 14.0. The summed E-state index contributed by atoms with van der Waals surface area (Å²) in [6.45, 7) is 16.0. The molecule has 1 fully saturated rings. The van der Waals surface area contributed by atoms with Crippen LogP contribution in [0.3, 0.4) is 0 Å². The van der Waals surface area contributed by atoms with Crippen molar-refractivity contribution in [3.63, 3.8) is 0 Å². The number of likely N-dealkylation sites (tertiary alicyclic amines) is 1. The Morgan fingerprint density at radius 2 is 1.08 bits per heavy atom. The molecule has 2 aromatic rings. The van der Waals surface area contributed by atoms with E-state index in [9.17, 15) is 9.59 Å². The van der Waals surface area contributed by atoms with Crippen LogP contribution in [0.15, 0.2) is 48.5 Å². The van der Waals surface area contributed by atoms with E-state index in [1.54, 1.807) is 0 Å². The second-order valence-corrected chi connectivity index (χ2v) is 11.9. The molecule has 1 aliphatic heterocycles. The van der Waals surface area contributed by atoms with Crippen LogP contribution in [0, 0.1) is 0 Å². The lowest BCUT2D eigenvalue weighted by molar-refractivity contribution is 0.0512. The van der Waals surface area contributed by atoms with Gasteiger partial charge in [0.15, 0.2) is 0 Å². The summed E-state index contributed by atoms with van der Waals surface area (Å²) in [4.78, 5) is 25.5. The van der Waals surface area contributed by atoms with Crippen LogP contribution in [0.4, 0.5) is 9.59 Å². The van der Waals surface area contributed by atoms with Crippen LogP contribution in [0.1, 0.15) is 83.1 Å². The number of nitrogens with two attached hydrogens (primary N) is 1. The maximum atomic E-state index is 11.6. The standard InChI is InChI=1S/C18H28N2O2.C13H20N2O2/c1-18(2,3)22-17(21)19-13-15-7-9-16(10-8-15)14-20-11-5-4-6-12-20;1-13(2,3)17-12(16)15-9-11-6-4-10(8-14)5-7-11/h7-10H,4-6,11-14H2,1-3H3,(H,19,21);4-7H,8-9,14H2,1-3H3,(H,15,16). The Kier molecular flexibility index (Phi) is 12.7. The zero-order valence-electron chi connectivity index (χ0n) is 24.6. The summed E-state index contributed by atoms with van der Waals surface area (Å²) >= 11 is 0. The Morgan fingerprint density at radius 3 is 1.46 bits per heavy atom. The number of piperidine rings is 1. The summed E-state index contributed by atoms with van der Waals surface area (Å²) in [7, 11) is 0. The first-order valence-electron chi connectivity index (χ1n) is 13.8. The quantitative estimate of drug-likeness (QED) is 0.406. The van der Waals surface area contributed by atoms with Crippen molar-refractivity contribution in [2.75, 3.05) is 13.1 Å². The largest absolute Gasteiger partial charge is 0.444 e. The molecule has 1 aliphatic rings. The van der Waals surface area contributed by atoms with Gasteiger partial charge in [-0.1, -0.05) is 55.0 Å². The van der Waals surface area contributed by atoms with Gasteiger partial charge >= 0.3 is 12.2 Å². The van der Waals surface area contributed by atoms with Crippen molar-refractivity contribution >= 4 is 12.2 Å². The average molecular weight is 541 g/mol. The number of ether oxygens (including phenoxy) is 2. The highest BCUT2D eigenvalue weighted by molar-refractivity contribution is 5.68. The Bertz CT molecular complexity index is 1000. The second kappa shape index (κ2) is 15.5. The molecule has 0 spiro atoms. The summed E-state index contributed by atoms with van der Waals surface area (Å²) in [6, 6.07) is 16.3. The predicted molar refractivity (Wildman–Crippen MR) is 156 cm³/mol. The van der Waals surface area contributed by atoms with Crippen molar-refractivity contribution in [2.45, 2.75) is 98.2 Å². The highest BCUT2D eigenvalue weighted by Crippen LogP contribution is 2.14. The summed E-state index contributed by atoms with van der Waals surface area (Å²) in [5, 5.41) is 5.49. The minimum atomic E-state index is -0.465. The highest BCUT2D eigenvalue weighted by atomic mass is 16.6. The second-order valence-electron chi connectivity index (χ2n) is 11.9. The molecule has 8 heteroatoms. The van der Waals surface area contributed by atoms with Crippen LogP contribution in [0.2, 0.25) is 0 Å². The third-order valence-corrected chi connectivity index (χ3v) is 5.81. The van der Waals surface area contributed by atoms with Crippen molar-refractivity contribution in [3.05, 3.63) is 70.8 Å². The van der Waals surface area contributed by atoms with Crippen molar-refractivity contribution in [1.82, 2.24) is 15.5 Å². The topological polar surface area (TPSA) is 106 Å². The van der Waals surface area contributed by atoms with E-state index >= 15 is 0 Å². The van der Waals surface area contributed by atoms with Crippen molar-refractivity contribution in [2.24, 2.45) is 5.73 Å². The zero-order valence-corrected chi connectivity index (χ0v) is 24.6. The number of carbonyl (C=O) groups excluding carboxylic acids is 2. The molecule has 0 radical (unpaired) electrons. The van der Waals surface area contributed by atoms with Crippen molar-refractivity contribution in [3.8, 4) is 0 Å². The van der Waals surface area contributed by atoms with Gasteiger partial charge in [-0.25, -0.2) is 9.59 Å². The number of amides is 2. The first-order chi connectivity index (χ1) is 18.3. The third-order valence-electron chi connectivity index (χ3n) is 5.81. The fourth-order valence-electron chi connectivity index (χ4n) is 3.91. The van der Waals surface area contributed by atoms with Gasteiger partial charge in [0, 0.05) is 26.2 Å². The Labute approximate surface area is 234 Å². The highest BCUT2D eigenvalue weighted by Gasteiger charge is 2.16. The van der Waals surface area contributed by atoms with E-state index in [1.807, 2.05) is 65.8 Å². The summed E-state index contributed by atoms with van der Waals surface area (Å²) in [5.41, 5.74) is 9.10. The number of nitrogens with zero attached hydrogens (tertiary/aromatic N) is 1.